The van der Waals surface area contributed by atoms with Crippen LogP contribution in [0, 0.1) is 5.92 Å². The first-order chi connectivity index (χ1) is 11.1. The van der Waals surface area contributed by atoms with Crippen LogP contribution in [0.2, 0.25) is 0 Å². The number of nitrogens with zero attached hydrogens (tertiary/aromatic N) is 2. The molecule has 1 saturated heterocycles. The van der Waals surface area contributed by atoms with Gasteiger partial charge in [-0.15, -0.1) is 0 Å². The van der Waals surface area contributed by atoms with E-state index in [1.54, 1.807) is 0 Å². The highest BCUT2D eigenvalue weighted by molar-refractivity contribution is 5.81. The summed E-state index contributed by atoms with van der Waals surface area (Å²) in [5.74, 6) is 1.04. The molecule has 1 amide bonds. The van der Waals surface area contributed by atoms with Crippen molar-refractivity contribution in [3.8, 4) is 0 Å². The highest BCUT2D eigenvalue weighted by Gasteiger charge is 2.27. The number of carbonyl (C=O) groups is 1. The molecule has 1 aliphatic heterocycles. The predicted molar refractivity (Wildman–Crippen MR) is 95.2 cm³/mol. The van der Waals surface area contributed by atoms with Crippen LogP contribution in [0.5, 0.6) is 0 Å². The first-order valence-electron chi connectivity index (χ1n) is 8.79. The largest absolute Gasteiger partial charge is 0.341 e. The molecule has 0 spiro atoms. The first-order valence-corrected chi connectivity index (χ1v) is 8.79. The van der Waals surface area contributed by atoms with Crippen LogP contribution in [-0.2, 0) is 11.3 Å². The van der Waals surface area contributed by atoms with E-state index in [2.05, 4.69) is 27.2 Å². The van der Waals surface area contributed by atoms with Gasteiger partial charge in [0, 0.05) is 19.6 Å². The van der Waals surface area contributed by atoms with Gasteiger partial charge in [-0.05, 0) is 58.3 Å². The highest BCUT2D eigenvalue weighted by atomic mass is 16.2. The second kappa shape index (κ2) is 9.04. The Bertz CT molecular complexity index is 469. The number of amides is 1. The molecule has 4 heteroatoms. The van der Waals surface area contributed by atoms with Crippen LogP contribution in [0.3, 0.4) is 0 Å². The van der Waals surface area contributed by atoms with E-state index in [0.717, 1.165) is 44.9 Å². The molecule has 4 nitrogen and oxygen atoms in total. The molecule has 1 heterocycles. The van der Waals surface area contributed by atoms with Crippen molar-refractivity contribution in [3.63, 3.8) is 0 Å². The van der Waals surface area contributed by atoms with Gasteiger partial charge in [0.2, 0.25) is 5.91 Å². The molecule has 0 saturated carbocycles. The summed E-state index contributed by atoms with van der Waals surface area (Å²) < 4.78 is 0. The fourth-order valence-corrected chi connectivity index (χ4v) is 3.25. The Kier molecular flexibility index (Phi) is 7.06. The Morgan fingerprint density at radius 3 is 2.57 bits per heavy atom. The summed E-state index contributed by atoms with van der Waals surface area (Å²) in [4.78, 5) is 16.9. The number of rotatable bonds is 7. The molecule has 2 rings (SSSR count). The van der Waals surface area contributed by atoms with E-state index in [1.165, 1.54) is 12.0 Å². The molecule has 1 fully saturated rings. The molecule has 1 aliphatic rings. The number of hydrogen-bond acceptors (Lipinski definition) is 3. The molecule has 0 bridgehead atoms. The number of hydrogen-bond donors (Lipinski definition) is 1. The smallest absolute Gasteiger partial charge is 0.239 e. The number of benzene rings is 1. The summed E-state index contributed by atoms with van der Waals surface area (Å²) in [7, 11) is 4.04. The Morgan fingerprint density at radius 2 is 1.96 bits per heavy atom. The normalized spacial score (nSPS) is 17.5. The van der Waals surface area contributed by atoms with E-state index in [1.807, 2.05) is 39.2 Å². The first kappa shape index (κ1) is 18.0. The minimum Gasteiger partial charge on any atom is -0.341 e. The minimum absolute atomic E-state index is 0.0657. The zero-order valence-corrected chi connectivity index (χ0v) is 14.8. The number of likely N-dealkylation sites (N-methyl/N-ethyl adjacent to an activating group) is 1. The quantitative estimate of drug-likeness (QED) is 0.838. The van der Waals surface area contributed by atoms with Crippen molar-refractivity contribution in [2.24, 2.45) is 5.92 Å². The van der Waals surface area contributed by atoms with E-state index in [-0.39, 0.29) is 11.9 Å². The molecule has 0 radical (unpaired) electrons. The summed E-state index contributed by atoms with van der Waals surface area (Å²) in [6.07, 6.45) is 3.51. The Morgan fingerprint density at radius 1 is 1.30 bits per heavy atom. The molecule has 0 aliphatic carbocycles. The van der Waals surface area contributed by atoms with E-state index < -0.39 is 0 Å². The van der Waals surface area contributed by atoms with Crippen molar-refractivity contribution in [2.45, 2.75) is 38.8 Å². The SMILES string of the molecule is CNCCC1CCN(C(=O)C(C)N(C)Cc2ccccc2)CC1. The fourth-order valence-electron chi connectivity index (χ4n) is 3.25. The lowest BCUT2D eigenvalue weighted by Gasteiger charge is -2.35. The molecule has 1 N–H and O–H groups in total. The van der Waals surface area contributed by atoms with Gasteiger partial charge in [0.15, 0.2) is 0 Å². The van der Waals surface area contributed by atoms with Crippen LogP contribution in [0.15, 0.2) is 30.3 Å². The van der Waals surface area contributed by atoms with Crippen molar-refractivity contribution >= 4 is 5.91 Å². The zero-order valence-electron chi connectivity index (χ0n) is 14.8. The topological polar surface area (TPSA) is 35.6 Å². The zero-order chi connectivity index (χ0) is 16.7. The maximum atomic E-state index is 12.7. The van der Waals surface area contributed by atoms with Gasteiger partial charge in [-0.25, -0.2) is 0 Å². The van der Waals surface area contributed by atoms with Crippen molar-refractivity contribution in [1.82, 2.24) is 15.1 Å². The van der Waals surface area contributed by atoms with Gasteiger partial charge in [0.1, 0.15) is 0 Å². The lowest BCUT2D eigenvalue weighted by atomic mass is 9.93. The molecule has 1 atom stereocenters. The van der Waals surface area contributed by atoms with Crippen LogP contribution in [0.25, 0.3) is 0 Å². The maximum absolute atomic E-state index is 12.7. The number of carbonyl (C=O) groups excluding carboxylic acids is 1. The van der Waals surface area contributed by atoms with E-state index >= 15 is 0 Å². The third kappa shape index (κ3) is 5.33. The number of likely N-dealkylation sites (tertiary alicyclic amines) is 1. The summed E-state index contributed by atoms with van der Waals surface area (Å²) in [5.41, 5.74) is 1.25. The van der Waals surface area contributed by atoms with Crippen molar-refractivity contribution in [2.75, 3.05) is 33.7 Å². The highest BCUT2D eigenvalue weighted by Crippen LogP contribution is 2.21. The predicted octanol–water partition coefficient (Wildman–Crippen LogP) is 2.35. The van der Waals surface area contributed by atoms with Crippen molar-refractivity contribution < 1.29 is 4.79 Å². The molecule has 128 valence electrons. The molecule has 23 heavy (non-hydrogen) atoms. The summed E-state index contributed by atoms with van der Waals surface area (Å²) in [5, 5.41) is 3.22. The van der Waals surface area contributed by atoms with E-state index in [0.29, 0.717) is 0 Å². The Hall–Kier alpha value is -1.39. The van der Waals surface area contributed by atoms with Crippen LogP contribution in [-0.4, -0.2) is 55.5 Å². The lowest BCUT2D eigenvalue weighted by Crippen LogP contribution is -2.48. The van der Waals surface area contributed by atoms with E-state index in [9.17, 15) is 4.79 Å². The van der Waals surface area contributed by atoms with Gasteiger partial charge in [-0.1, -0.05) is 30.3 Å². The maximum Gasteiger partial charge on any atom is 0.239 e. The molecular formula is C19H31N3O. The monoisotopic (exact) mass is 317 g/mol. The second-order valence-corrected chi connectivity index (χ2v) is 6.74. The van der Waals surface area contributed by atoms with Crippen LogP contribution in [0.4, 0.5) is 0 Å². The van der Waals surface area contributed by atoms with Crippen LogP contribution < -0.4 is 5.32 Å². The lowest BCUT2D eigenvalue weighted by molar-refractivity contribution is -0.137. The van der Waals surface area contributed by atoms with Gasteiger partial charge in [0.25, 0.3) is 0 Å². The van der Waals surface area contributed by atoms with Gasteiger partial charge < -0.3 is 10.2 Å². The Balaban J connectivity index is 1.80. The van der Waals surface area contributed by atoms with Gasteiger partial charge >= 0.3 is 0 Å². The Labute approximate surface area is 140 Å². The fraction of sp³-hybridized carbons (Fsp3) is 0.632. The summed E-state index contributed by atoms with van der Waals surface area (Å²) >= 11 is 0. The third-order valence-electron chi connectivity index (χ3n) is 5.02. The second-order valence-electron chi connectivity index (χ2n) is 6.74. The van der Waals surface area contributed by atoms with E-state index in [4.69, 9.17) is 0 Å². The average molecular weight is 317 g/mol. The molecule has 0 aromatic heterocycles. The van der Waals surface area contributed by atoms with Crippen molar-refractivity contribution in [1.29, 1.82) is 0 Å². The number of nitrogens with one attached hydrogen (secondary N) is 1. The molecule has 1 unspecified atom stereocenters. The molecular weight excluding hydrogens is 286 g/mol. The van der Waals surface area contributed by atoms with Gasteiger partial charge in [0.05, 0.1) is 6.04 Å². The minimum atomic E-state index is -0.0657. The molecule has 1 aromatic rings. The summed E-state index contributed by atoms with van der Waals surface area (Å²) in [6, 6.07) is 10.3. The molecule has 1 aromatic carbocycles. The van der Waals surface area contributed by atoms with Crippen LogP contribution >= 0.6 is 0 Å². The van der Waals surface area contributed by atoms with Crippen molar-refractivity contribution in [3.05, 3.63) is 35.9 Å². The average Bonchev–Trinajstić information content (AvgIpc) is 2.60. The van der Waals surface area contributed by atoms with Gasteiger partial charge in [-0.3, -0.25) is 9.69 Å². The van der Waals surface area contributed by atoms with Gasteiger partial charge in [-0.2, -0.15) is 0 Å². The number of piperidine rings is 1. The third-order valence-corrected chi connectivity index (χ3v) is 5.02. The summed E-state index contributed by atoms with van der Waals surface area (Å²) in [6.45, 7) is 5.74. The standard InChI is InChI=1S/C19H31N3O/c1-16(21(3)15-18-7-5-4-6-8-18)19(23)22-13-10-17(11-14-22)9-12-20-2/h4-8,16-17,20H,9-15H2,1-3H3. The van der Waals surface area contributed by atoms with Crippen LogP contribution in [0.1, 0.15) is 31.7 Å².